The van der Waals surface area contributed by atoms with E-state index in [1.165, 1.54) is 0 Å². The lowest BCUT2D eigenvalue weighted by molar-refractivity contribution is -0.0250. The minimum Gasteiger partial charge on any atom is -0.496 e. The van der Waals surface area contributed by atoms with Crippen LogP contribution in [-0.2, 0) is 4.74 Å². The van der Waals surface area contributed by atoms with Gasteiger partial charge in [0.05, 0.1) is 7.11 Å². The van der Waals surface area contributed by atoms with Crippen molar-refractivity contribution in [2.24, 2.45) is 0 Å². The maximum Gasteiger partial charge on any atom is 0.194 e. The predicted molar refractivity (Wildman–Crippen MR) is 81.7 cm³/mol. The molecule has 1 aromatic rings. The molecule has 0 N–H and O–H groups in total. The number of rotatable bonds is 7. The maximum atomic E-state index is 12.9. The van der Waals surface area contributed by atoms with Crippen LogP contribution in [0.2, 0.25) is 0 Å². The summed E-state index contributed by atoms with van der Waals surface area (Å²) in [5.74, 6) is 0.890. The van der Waals surface area contributed by atoms with Crippen LogP contribution in [0.5, 0.6) is 5.75 Å². The second-order valence-corrected chi connectivity index (χ2v) is 5.10. The summed E-state index contributed by atoms with van der Waals surface area (Å²) in [5.41, 5.74) is 1.93. The number of hydrogen-bond donors (Lipinski definition) is 0. The molecule has 0 spiro atoms. The van der Waals surface area contributed by atoms with Gasteiger partial charge in [-0.05, 0) is 56.9 Å². The molecule has 0 aromatic heterocycles. The first-order chi connectivity index (χ1) is 9.45. The van der Waals surface area contributed by atoms with Crippen molar-refractivity contribution in [3.63, 3.8) is 0 Å². The Hall–Kier alpha value is -1.35. The molecule has 0 aliphatic rings. The maximum absolute atomic E-state index is 12.9. The number of methoxy groups -OCH3 is 1. The summed E-state index contributed by atoms with van der Waals surface area (Å²) in [7, 11) is 1.64. The third-order valence-corrected chi connectivity index (χ3v) is 3.96. The Balaban J connectivity index is 3.29. The van der Waals surface area contributed by atoms with Crippen LogP contribution in [0.15, 0.2) is 12.1 Å². The van der Waals surface area contributed by atoms with E-state index in [0.717, 1.165) is 22.4 Å². The van der Waals surface area contributed by atoms with Crippen LogP contribution in [0.25, 0.3) is 0 Å². The topological polar surface area (TPSA) is 35.5 Å². The number of benzene rings is 1. The molecule has 0 fully saturated rings. The first-order valence-electron chi connectivity index (χ1n) is 7.29. The van der Waals surface area contributed by atoms with Gasteiger partial charge in [0.1, 0.15) is 11.4 Å². The van der Waals surface area contributed by atoms with Gasteiger partial charge in [-0.25, -0.2) is 0 Å². The molecule has 0 aliphatic heterocycles. The van der Waals surface area contributed by atoms with Gasteiger partial charge in [-0.1, -0.05) is 13.8 Å². The minimum absolute atomic E-state index is 0.0765. The number of carbonyl (C=O) groups is 1. The van der Waals surface area contributed by atoms with Crippen molar-refractivity contribution >= 4 is 5.78 Å². The van der Waals surface area contributed by atoms with E-state index in [1.54, 1.807) is 7.11 Å². The quantitative estimate of drug-likeness (QED) is 0.705. The summed E-state index contributed by atoms with van der Waals surface area (Å²) in [6, 6.07) is 3.83. The van der Waals surface area contributed by atoms with Crippen molar-refractivity contribution in [3.05, 3.63) is 28.8 Å². The molecule has 0 unspecified atom stereocenters. The Labute approximate surface area is 122 Å². The summed E-state index contributed by atoms with van der Waals surface area (Å²) in [5, 5.41) is 0. The largest absolute Gasteiger partial charge is 0.496 e. The molecule has 0 saturated carbocycles. The Morgan fingerprint density at radius 2 is 1.70 bits per heavy atom. The van der Waals surface area contributed by atoms with E-state index in [9.17, 15) is 4.79 Å². The lowest BCUT2D eigenvalue weighted by Crippen LogP contribution is -2.41. The van der Waals surface area contributed by atoms with Gasteiger partial charge in [-0.3, -0.25) is 4.79 Å². The minimum atomic E-state index is -0.708. The van der Waals surface area contributed by atoms with E-state index in [-0.39, 0.29) is 5.78 Å². The van der Waals surface area contributed by atoms with Crippen LogP contribution in [0, 0.1) is 13.8 Å². The number of ether oxygens (including phenoxy) is 2. The molecule has 112 valence electrons. The molecule has 0 radical (unpaired) electrons. The summed E-state index contributed by atoms with van der Waals surface area (Å²) in [4.78, 5) is 12.9. The number of Topliss-reactive ketones (excluding diaryl/α,β-unsaturated/α-hetero) is 1. The molecule has 3 heteroatoms. The van der Waals surface area contributed by atoms with Gasteiger partial charge in [-0.15, -0.1) is 0 Å². The summed E-state index contributed by atoms with van der Waals surface area (Å²) in [6.07, 6.45) is 1.36. The normalized spacial score (nSPS) is 11.5. The molecular weight excluding hydrogens is 252 g/mol. The molecule has 0 saturated heterocycles. The van der Waals surface area contributed by atoms with Crippen molar-refractivity contribution in [2.75, 3.05) is 13.7 Å². The molecule has 1 rings (SSSR count). The molecule has 0 heterocycles. The van der Waals surface area contributed by atoms with Crippen LogP contribution >= 0.6 is 0 Å². The third-order valence-electron chi connectivity index (χ3n) is 3.96. The van der Waals surface area contributed by atoms with Crippen molar-refractivity contribution < 1.29 is 14.3 Å². The molecule has 0 amide bonds. The van der Waals surface area contributed by atoms with Gasteiger partial charge in [0.15, 0.2) is 5.78 Å². The summed E-state index contributed by atoms with van der Waals surface area (Å²) >= 11 is 0. The first-order valence-corrected chi connectivity index (χ1v) is 7.29. The monoisotopic (exact) mass is 278 g/mol. The average molecular weight is 278 g/mol. The highest BCUT2D eigenvalue weighted by Gasteiger charge is 2.37. The van der Waals surface area contributed by atoms with Gasteiger partial charge < -0.3 is 9.47 Å². The summed E-state index contributed by atoms with van der Waals surface area (Å²) < 4.78 is 11.1. The lowest BCUT2D eigenvalue weighted by atomic mass is 9.85. The summed E-state index contributed by atoms with van der Waals surface area (Å²) in [6.45, 7) is 10.4. The highest BCUT2D eigenvalue weighted by atomic mass is 16.5. The van der Waals surface area contributed by atoms with Crippen LogP contribution in [0.3, 0.4) is 0 Å². The van der Waals surface area contributed by atoms with Gasteiger partial charge in [0, 0.05) is 12.2 Å². The van der Waals surface area contributed by atoms with Crippen LogP contribution in [-0.4, -0.2) is 25.1 Å². The lowest BCUT2D eigenvalue weighted by Gasteiger charge is -2.30. The van der Waals surface area contributed by atoms with Gasteiger partial charge in [-0.2, -0.15) is 0 Å². The molecule has 1 aromatic carbocycles. The Morgan fingerprint density at radius 1 is 1.10 bits per heavy atom. The fourth-order valence-corrected chi connectivity index (χ4v) is 2.62. The molecular formula is C17H26O3. The van der Waals surface area contributed by atoms with E-state index in [1.807, 2.05) is 46.8 Å². The Bertz CT molecular complexity index is 473. The van der Waals surface area contributed by atoms with E-state index < -0.39 is 5.60 Å². The zero-order chi connectivity index (χ0) is 15.3. The van der Waals surface area contributed by atoms with E-state index in [2.05, 4.69) is 0 Å². The third kappa shape index (κ3) is 3.04. The van der Waals surface area contributed by atoms with Crippen molar-refractivity contribution in [2.45, 2.75) is 53.1 Å². The van der Waals surface area contributed by atoms with Crippen LogP contribution < -0.4 is 4.74 Å². The number of ketones is 1. The van der Waals surface area contributed by atoms with Crippen LogP contribution in [0.4, 0.5) is 0 Å². The van der Waals surface area contributed by atoms with Gasteiger partial charge >= 0.3 is 0 Å². The van der Waals surface area contributed by atoms with E-state index in [0.29, 0.717) is 19.4 Å². The van der Waals surface area contributed by atoms with Crippen LogP contribution in [0.1, 0.15) is 55.1 Å². The SMILES string of the molecule is CCOC(CC)(CC)C(=O)c1cc(C)c(OC)cc1C. The van der Waals surface area contributed by atoms with Crippen molar-refractivity contribution in [3.8, 4) is 5.75 Å². The molecule has 20 heavy (non-hydrogen) atoms. The van der Waals surface area contributed by atoms with E-state index in [4.69, 9.17) is 9.47 Å². The smallest absolute Gasteiger partial charge is 0.194 e. The Kier molecular flexibility index (Phi) is 5.75. The van der Waals surface area contributed by atoms with E-state index >= 15 is 0 Å². The van der Waals surface area contributed by atoms with Crippen molar-refractivity contribution in [1.29, 1.82) is 0 Å². The fourth-order valence-electron chi connectivity index (χ4n) is 2.62. The standard InChI is InChI=1S/C17H26O3/c1-7-17(8-2,20-9-3)16(18)14-10-13(5)15(19-6)11-12(14)4/h10-11H,7-9H2,1-6H3. The van der Waals surface area contributed by atoms with Gasteiger partial charge in [0.2, 0.25) is 0 Å². The highest BCUT2D eigenvalue weighted by molar-refractivity contribution is 6.04. The number of carbonyl (C=O) groups excluding carboxylic acids is 1. The highest BCUT2D eigenvalue weighted by Crippen LogP contribution is 2.30. The predicted octanol–water partition coefficient (Wildman–Crippen LogP) is 4.09. The molecule has 0 atom stereocenters. The average Bonchev–Trinajstić information content (AvgIpc) is 2.46. The molecule has 3 nitrogen and oxygen atoms in total. The first kappa shape index (κ1) is 16.7. The number of aryl methyl sites for hydroxylation is 2. The second kappa shape index (κ2) is 6.89. The zero-order valence-corrected chi connectivity index (χ0v) is 13.5. The fraction of sp³-hybridized carbons (Fsp3) is 0.588. The zero-order valence-electron chi connectivity index (χ0n) is 13.5. The molecule has 0 bridgehead atoms. The van der Waals surface area contributed by atoms with Gasteiger partial charge in [0.25, 0.3) is 0 Å². The second-order valence-electron chi connectivity index (χ2n) is 5.10. The number of hydrogen-bond acceptors (Lipinski definition) is 3. The Morgan fingerprint density at radius 3 is 2.15 bits per heavy atom. The van der Waals surface area contributed by atoms with Crippen molar-refractivity contribution in [1.82, 2.24) is 0 Å². The molecule has 0 aliphatic carbocycles.